The van der Waals surface area contributed by atoms with Crippen molar-refractivity contribution in [2.75, 3.05) is 26.9 Å². The number of para-hydroxylation sites is 1. The van der Waals surface area contributed by atoms with Gasteiger partial charge in [0.25, 0.3) is 0 Å². The Morgan fingerprint density at radius 3 is 2.85 bits per heavy atom. The van der Waals surface area contributed by atoms with Crippen LogP contribution in [0, 0.1) is 0 Å². The lowest BCUT2D eigenvalue weighted by Gasteiger charge is -2.17. The molecule has 0 saturated carbocycles. The molecule has 2 N–H and O–H groups in total. The van der Waals surface area contributed by atoms with Crippen molar-refractivity contribution in [1.29, 1.82) is 0 Å². The van der Waals surface area contributed by atoms with Crippen LogP contribution in [0.5, 0.6) is 5.75 Å². The van der Waals surface area contributed by atoms with Gasteiger partial charge in [0.15, 0.2) is 0 Å². The van der Waals surface area contributed by atoms with Gasteiger partial charge in [0.2, 0.25) is 0 Å². The molecule has 0 amide bonds. The summed E-state index contributed by atoms with van der Waals surface area (Å²) in [7, 11) is 2.01. The first-order chi connectivity index (χ1) is 19.4. The Kier molecular flexibility index (Phi) is 7.45. The molecule has 0 fully saturated rings. The van der Waals surface area contributed by atoms with E-state index in [0.717, 1.165) is 62.7 Å². The van der Waals surface area contributed by atoms with Crippen molar-refractivity contribution in [1.82, 2.24) is 15.0 Å². The number of hydrazine groups is 1. The van der Waals surface area contributed by atoms with E-state index in [4.69, 9.17) is 21.1 Å². The van der Waals surface area contributed by atoms with Gasteiger partial charge in [-0.05, 0) is 67.8 Å². The third-order valence-corrected chi connectivity index (χ3v) is 8.24. The second-order valence-corrected chi connectivity index (χ2v) is 11.0. The highest BCUT2D eigenvalue weighted by Gasteiger charge is 2.31. The minimum Gasteiger partial charge on any atom is -0.493 e. The van der Waals surface area contributed by atoms with E-state index in [1.54, 1.807) is 0 Å². The van der Waals surface area contributed by atoms with E-state index in [9.17, 15) is 9.90 Å². The number of nitrogens with one attached hydrogen (secondary N) is 1. The molecule has 1 unspecified atom stereocenters. The van der Waals surface area contributed by atoms with E-state index in [1.165, 1.54) is 0 Å². The van der Waals surface area contributed by atoms with E-state index in [2.05, 4.69) is 24.5 Å². The Bertz CT molecular complexity index is 1630. The van der Waals surface area contributed by atoms with Crippen molar-refractivity contribution in [3.8, 4) is 5.75 Å². The van der Waals surface area contributed by atoms with E-state index in [0.29, 0.717) is 49.9 Å². The van der Waals surface area contributed by atoms with Crippen LogP contribution in [-0.2, 0) is 17.7 Å². The van der Waals surface area contributed by atoms with Gasteiger partial charge in [-0.25, -0.2) is 10.2 Å². The fourth-order valence-corrected chi connectivity index (χ4v) is 6.45. The number of fused-ring (bicyclic) bond motifs is 2. The molecule has 8 heteroatoms. The molecule has 0 spiro atoms. The molecule has 1 aromatic heterocycles. The zero-order chi connectivity index (χ0) is 27.8. The molecule has 0 radical (unpaired) electrons. The summed E-state index contributed by atoms with van der Waals surface area (Å²) in [5.41, 5.74) is 9.08. The van der Waals surface area contributed by atoms with Gasteiger partial charge in [-0.15, -0.1) is 0 Å². The fourth-order valence-electron chi connectivity index (χ4n) is 6.27. The van der Waals surface area contributed by atoms with Crippen LogP contribution in [0.15, 0.2) is 60.3 Å². The quantitative estimate of drug-likeness (QED) is 0.262. The van der Waals surface area contributed by atoms with Gasteiger partial charge >= 0.3 is 5.97 Å². The number of nitrogens with zero attached hydrogens (tertiary/aromatic N) is 2. The third kappa shape index (κ3) is 4.83. The highest BCUT2D eigenvalue weighted by atomic mass is 35.5. The van der Waals surface area contributed by atoms with Crippen molar-refractivity contribution in [3.05, 3.63) is 82.1 Å². The van der Waals surface area contributed by atoms with Gasteiger partial charge in [-0.3, -0.25) is 0 Å². The number of aromatic nitrogens is 1. The van der Waals surface area contributed by atoms with Crippen molar-refractivity contribution in [3.63, 3.8) is 0 Å². The molecule has 0 bridgehead atoms. The molecule has 3 heterocycles. The van der Waals surface area contributed by atoms with Gasteiger partial charge < -0.3 is 24.2 Å². The number of ether oxygens (including phenoxy) is 2. The monoisotopic (exact) mass is 559 g/mol. The van der Waals surface area contributed by atoms with Crippen LogP contribution >= 0.6 is 11.6 Å². The summed E-state index contributed by atoms with van der Waals surface area (Å²) in [6.07, 6.45) is 3.01. The van der Waals surface area contributed by atoms with E-state index in [-0.39, 0.29) is 6.04 Å². The number of carboxylic acid groups (broad SMARTS) is 1. The largest absolute Gasteiger partial charge is 0.493 e. The first-order valence-corrected chi connectivity index (χ1v) is 14.3. The fraction of sp³-hybridized carbons (Fsp3) is 0.344. The summed E-state index contributed by atoms with van der Waals surface area (Å²) in [5, 5.41) is 16.3. The topological polar surface area (TPSA) is 76.0 Å². The number of aryl methyl sites for hydroxylation is 2. The number of carbonyl (C=O) groups is 1. The smallest absolute Gasteiger partial charge is 0.352 e. The summed E-state index contributed by atoms with van der Waals surface area (Å²) in [4.78, 5) is 12.8. The Morgan fingerprint density at radius 2 is 2.00 bits per heavy atom. The highest BCUT2D eigenvalue weighted by molar-refractivity contribution is 6.31. The molecule has 0 saturated heterocycles. The van der Waals surface area contributed by atoms with Crippen LogP contribution in [0.1, 0.15) is 47.8 Å². The van der Waals surface area contributed by atoms with Gasteiger partial charge in [-0.2, -0.15) is 0 Å². The molecule has 6 rings (SSSR count). The van der Waals surface area contributed by atoms with E-state index >= 15 is 0 Å². The number of likely N-dealkylation sites (N-methyl/N-ethyl adjacent to an activating group) is 1. The van der Waals surface area contributed by atoms with Crippen LogP contribution in [0.3, 0.4) is 0 Å². The number of aromatic carboxylic acids is 1. The predicted molar refractivity (Wildman–Crippen MR) is 159 cm³/mol. The highest BCUT2D eigenvalue weighted by Crippen LogP contribution is 2.38. The third-order valence-electron chi connectivity index (χ3n) is 8.01. The normalized spacial score (nSPS) is 17.8. The van der Waals surface area contributed by atoms with Crippen molar-refractivity contribution >= 4 is 44.8 Å². The van der Waals surface area contributed by atoms with Gasteiger partial charge in [0.05, 0.1) is 30.5 Å². The summed E-state index contributed by atoms with van der Waals surface area (Å²) in [5.74, 6) is -0.0839. The van der Waals surface area contributed by atoms with Gasteiger partial charge in [0, 0.05) is 47.1 Å². The van der Waals surface area contributed by atoms with Crippen LogP contribution < -0.4 is 10.2 Å². The van der Waals surface area contributed by atoms with Crippen molar-refractivity contribution in [2.45, 2.75) is 45.2 Å². The summed E-state index contributed by atoms with van der Waals surface area (Å²) in [6, 6.07) is 18.0. The molecule has 2 aliphatic heterocycles. The molecule has 7 nitrogen and oxygen atoms in total. The maximum Gasteiger partial charge on any atom is 0.352 e. The molecule has 0 aliphatic carbocycles. The zero-order valence-corrected chi connectivity index (χ0v) is 23.6. The Balaban J connectivity index is 1.37. The summed E-state index contributed by atoms with van der Waals surface area (Å²) < 4.78 is 14.3. The lowest BCUT2D eigenvalue weighted by Crippen LogP contribution is -2.33. The Labute approximate surface area is 238 Å². The van der Waals surface area contributed by atoms with Crippen molar-refractivity contribution < 1.29 is 19.4 Å². The number of carboxylic acids is 1. The van der Waals surface area contributed by atoms with Gasteiger partial charge in [-0.1, -0.05) is 41.9 Å². The van der Waals surface area contributed by atoms with Crippen LogP contribution in [0.2, 0.25) is 5.02 Å². The average molecular weight is 560 g/mol. The lowest BCUT2D eigenvalue weighted by molar-refractivity contribution is 0.0683. The summed E-state index contributed by atoms with van der Waals surface area (Å²) in [6.45, 7) is 4.42. The number of rotatable bonds is 6. The maximum atomic E-state index is 12.8. The second-order valence-electron chi connectivity index (χ2n) is 10.6. The molecule has 1 atom stereocenters. The first kappa shape index (κ1) is 26.7. The Morgan fingerprint density at radius 1 is 1.15 bits per heavy atom. The van der Waals surface area contributed by atoms with Crippen LogP contribution in [0.25, 0.3) is 27.2 Å². The molecular formula is C32H34ClN3O4. The zero-order valence-electron chi connectivity index (χ0n) is 22.9. The van der Waals surface area contributed by atoms with Crippen LogP contribution in [0.4, 0.5) is 0 Å². The number of halogens is 1. The minimum atomic E-state index is -0.890. The standard InChI is InChI=1S/C32H34ClN3O4/c1-20-29-26-10-6-9-24-25(11-7-17-40-28-12-5-8-21-18-22(33)13-14-23(21)28)31(32(37)38)36(30(24)26)15-3-4-16-39-19-27(29)35(2)34-20/h5-6,8-10,12-14,18,20,34H,3-4,7,11,15-17,19H2,1-2H3,(H,37,38). The average Bonchev–Trinajstić information content (AvgIpc) is 3.39. The van der Waals surface area contributed by atoms with Crippen molar-refractivity contribution in [2.24, 2.45) is 0 Å². The molecule has 4 aromatic rings. The van der Waals surface area contributed by atoms with Crippen LogP contribution in [-0.4, -0.2) is 53.6 Å². The summed E-state index contributed by atoms with van der Waals surface area (Å²) >= 11 is 6.17. The molecular weight excluding hydrogens is 526 g/mol. The van der Waals surface area contributed by atoms with Gasteiger partial charge in [0.1, 0.15) is 11.4 Å². The minimum absolute atomic E-state index is 0.0824. The second kappa shape index (κ2) is 11.2. The Hall–Kier alpha value is -3.52. The van der Waals surface area contributed by atoms with E-state index in [1.807, 2.05) is 59.1 Å². The molecule has 3 aromatic carbocycles. The van der Waals surface area contributed by atoms with E-state index < -0.39 is 5.97 Å². The number of hydrogen-bond acceptors (Lipinski definition) is 5. The number of benzene rings is 3. The molecule has 208 valence electrons. The maximum absolute atomic E-state index is 12.8. The molecule has 2 aliphatic rings. The lowest BCUT2D eigenvalue weighted by atomic mass is 9.95. The predicted octanol–water partition coefficient (Wildman–Crippen LogP) is 6.52. The first-order valence-electron chi connectivity index (χ1n) is 13.9. The number of hydrogen-bond donors (Lipinski definition) is 2. The SMILES string of the molecule is CC1NN(C)C2=C1c1cccc3c(CCCOc4cccc5cc(Cl)ccc45)c(C(=O)O)n(c13)CCCCOC2. The molecule has 40 heavy (non-hydrogen) atoms.